The molecule has 0 aliphatic heterocycles. The van der Waals surface area contributed by atoms with Crippen LogP contribution in [0.1, 0.15) is 47.1 Å². The van der Waals surface area contributed by atoms with Crippen LogP contribution in [-0.2, 0) is 13.6 Å². The molecule has 1 fully saturated rings. The summed E-state index contributed by atoms with van der Waals surface area (Å²) in [7, 11) is 1.78. The lowest BCUT2D eigenvalue weighted by atomic mass is 9.80. The minimum atomic E-state index is -0.179. The van der Waals surface area contributed by atoms with Crippen LogP contribution >= 0.6 is 0 Å². The number of amides is 1. The third-order valence-corrected chi connectivity index (χ3v) is 4.33. The highest BCUT2D eigenvalue weighted by atomic mass is 16.5. The van der Waals surface area contributed by atoms with Gasteiger partial charge in [-0.25, -0.2) is 0 Å². The molecule has 0 unspecified atom stereocenters. The van der Waals surface area contributed by atoms with Crippen LogP contribution in [0.4, 0.5) is 0 Å². The first-order valence-electron chi connectivity index (χ1n) is 7.89. The monoisotopic (exact) mass is 327 g/mol. The fourth-order valence-corrected chi connectivity index (χ4v) is 2.82. The van der Waals surface area contributed by atoms with E-state index in [9.17, 15) is 4.79 Å². The number of aryl methyl sites for hydroxylation is 1. The smallest absolute Gasteiger partial charge is 0.293 e. The van der Waals surface area contributed by atoms with E-state index < -0.39 is 0 Å². The van der Waals surface area contributed by atoms with Crippen molar-refractivity contribution in [1.29, 1.82) is 0 Å². The van der Waals surface area contributed by atoms with Gasteiger partial charge in [-0.2, -0.15) is 10.1 Å². The summed E-state index contributed by atoms with van der Waals surface area (Å²) in [5.74, 6) is 1.44. The van der Waals surface area contributed by atoms with E-state index in [4.69, 9.17) is 8.94 Å². The van der Waals surface area contributed by atoms with Crippen LogP contribution in [0.15, 0.2) is 33.5 Å². The molecule has 1 saturated carbocycles. The standard InChI is InChI=1S/C16H17N5O3/c1-21-14(11(8-18-21)10-4-2-5-10)15(22)17-9-13-19-16(24-20-13)12-6-3-7-23-12/h3,6-8,10H,2,4-5,9H2,1H3,(H,17,22). The van der Waals surface area contributed by atoms with Crippen molar-refractivity contribution in [2.45, 2.75) is 31.7 Å². The minimum Gasteiger partial charge on any atom is -0.459 e. The molecule has 1 amide bonds. The van der Waals surface area contributed by atoms with E-state index in [0.29, 0.717) is 29.1 Å². The second-order valence-electron chi connectivity index (χ2n) is 5.88. The van der Waals surface area contributed by atoms with Crippen molar-refractivity contribution < 1.29 is 13.7 Å². The Bertz CT molecular complexity index is 845. The van der Waals surface area contributed by atoms with E-state index in [-0.39, 0.29) is 12.5 Å². The third-order valence-electron chi connectivity index (χ3n) is 4.33. The van der Waals surface area contributed by atoms with Crippen molar-refractivity contribution in [3.05, 3.63) is 41.7 Å². The lowest BCUT2D eigenvalue weighted by Gasteiger charge is -2.25. The highest BCUT2D eigenvalue weighted by molar-refractivity contribution is 5.94. The first kappa shape index (κ1) is 14.7. The number of hydrogen-bond acceptors (Lipinski definition) is 6. The molecule has 0 aromatic carbocycles. The molecule has 0 spiro atoms. The predicted molar refractivity (Wildman–Crippen MR) is 83.0 cm³/mol. The molecule has 0 radical (unpaired) electrons. The molecule has 8 nitrogen and oxygen atoms in total. The fourth-order valence-electron chi connectivity index (χ4n) is 2.82. The highest BCUT2D eigenvalue weighted by Gasteiger charge is 2.27. The number of carbonyl (C=O) groups excluding carboxylic acids is 1. The molecular weight excluding hydrogens is 310 g/mol. The van der Waals surface area contributed by atoms with Crippen LogP contribution in [0.3, 0.4) is 0 Å². The normalized spacial score (nSPS) is 14.5. The van der Waals surface area contributed by atoms with Crippen LogP contribution in [-0.4, -0.2) is 25.8 Å². The zero-order chi connectivity index (χ0) is 16.5. The summed E-state index contributed by atoms with van der Waals surface area (Å²) in [4.78, 5) is 16.7. The summed E-state index contributed by atoms with van der Waals surface area (Å²) in [6.07, 6.45) is 6.76. The number of nitrogens with zero attached hydrogens (tertiary/aromatic N) is 4. The Morgan fingerprint density at radius 3 is 3.04 bits per heavy atom. The van der Waals surface area contributed by atoms with Gasteiger partial charge >= 0.3 is 0 Å². The van der Waals surface area contributed by atoms with Crippen LogP contribution in [0.5, 0.6) is 0 Å². The number of rotatable bonds is 5. The van der Waals surface area contributed by atoms with Gasteiger partial charge in [0.15, 0.2) is 11.6 Å². The maximum absolute atomic E-state index is 12.5. The van der Waals surface area contributed by atoms with Gasteiger partial charge in [0, 0.05) is 12.6 Å². The highest BCUT2D eigenvalue weighted by Crippen LogP contribution is 2.37. The first-order valence-corrected chi connectivity index (χ1v) is 7.89. The Labute approximate surface area is 137 Å². The van der Waals surface area contributed by atoms with Crippen molar-refractivity contribution in [2.75, 3.05) is 0 Å². The third kappa shape index (κ3) is 2.60. The number of furan rings is 1. The van der Waals surface area contributed by atoms with E-state index in [1.165, 1.54) is 12.7 Å². The van der Waals surface area contributed by atoms with E-state index >= 15 is 0 Å². The molecule has 1 aliphatic carbocycles. The molecular formula is C16H17N5O3. The molecule has 3 aromatic heterocycles. The van der Waals surface area contributed by atoms with Crippen molar-refractivity contribution >= 4 is 5.91 Å². The molecule has 1 N–H and O–H groups in total. The van der Waals surface area contributed by atoms with Gasteiger partial charge in [0.05, 0.1) is 19.0 Å². The lowest BCUT2D eigenvalue weighted by molar-refractivity contribution is 0.0938. The van der Waals surface area contributed by atoms with E-state index in [0.717, 1.165) is 18.4 Å². The Kier molecular flexibility index (Phi) is 3.64. The average Bonchev–Trinajstić information content (AvgIpc) is 3.23. The summed E-state index contributed by atoms with van der Waals surface area (Å²) in [6.45, 7) is 0.179. The molecule has 8 heteroatoms. The molecule has 0 atom stereocenters. The number of aromatic nitrogens is 4. The van der Waals surface area contributed by atoms with Crippen LogP contribution in [0.2, 0.25) is 0 Å². The largest absolute Gasteiger partial charge is 0.459 e. The molecule has 24 heavy (non-hydrogen) atoms. The average molecular weight is 327 g/mol. The summed E-state index contributed by atoms with van der Waals surface area (Å²) in [5.41, 5.74) is 1.63. The zero-order valence-corrected chi connectivity index (χ0v) is 13.2. The Morgan fingerprint density at radius 2 is 2.33 bits per heavy atom. The van der Waals surface area contributed by atoms with Crippen molar-refractivity contribution in [1.82, 2.24) is 25.2 Å². The van der Waals surface area contributed by atoms with Gasteiger partial charge < -0.3 is 14.3 Å². The van der Waals surface area contributed by atoms with E-state index in [1.807, 2.05) is 0 Å². The topological polar surface area (TPSA) is 99.0 Å². The van der Waals surface area contributed by atoms with Crippen LogP contribution in [0.25, 0.3) is 11.7 Å². The van der Waals surface area contributed by atoms with Gasteiger partial charge in [-0.05, 0) is 30.9 Å². The molecule has 0 saturated heterocycles. The molecule has 3 aromatic rings. The second kappa shape index (κ2) is 5.95. The number of hydrogen-bond donors (Lipinski definition) is 1. The van der Waals surface area contributed by atoms with Crippen LogP contribution < -0.4 is 5.32 Å². The molecule has 4 rings (SSSR count). The van der Waals surface area contributed by atoms with Gasteiger partial charge in [0.2, 0.25) is 0 Å². The summed E-state index contributed by atoms with van der Waals surface area (Å²) >= 11 is 0. The molecule has 3 heterocycles. The van der Waals surface area contributed by atoms with E-state index in [1.54, 1.807) is 30.1 Å². The fraction of sp³-hybridized carbons (Fsp3) is 0.375. The Morgan fingerprint density at radius 1 is 1.46 bits per heavy atom. The summed E-state index contributed by atoms with van der Waals surface area (Å²) in [6, 6.07) is 3.47. The summed E-state index contributed by atoms with van der Waals surface area (Å²) in [5, 5.41) is 10.9. The van der Waals surface area contributed by atoms with Crippen molar-refractivity contribution in [2.24, 2.45) is 7.05 Å². The second-order valence-corrected chi connectivity index (χ2v) is 5.88. The van der Waals surface area contributed by atoms with Crippen LogP contribution in [0, 0.1) is 0 Å². The van der Waals surface area contributed by atoms with Gasteiger partial charge in [0.25, 0.3) is 11.8 Å². The quantitative estimate of drug-likeness (QED) is 0.771. The minimum absolute atomic E-state index is 0.179. The lowest BCUT2D eigenvalue weighted by Crippen LogP contribution is -2.27. The molecule has 0 bridgehead atoms. The first-order chi connectivity index (χ1) is 11.7. The van der Waals surface area contributed by atoms with Gasteiger partial charge in [-0.1, -0.05) is 11.6 Å². The van der Waals surface area contributed by atoms with Gasteiger partial charge in [-0.3, -0.25) is 9.48 Å². The van der Waals surface area contributed by atoms with Gasteiger partial charge in [0.1, 0.15) is 5.69 Å². The summed E-state index contributed by atoms with van der Waals surface area (Å²) < 4.78 is 11.9. The molecule has 124 valence electrons. The van der Waals surface area contributed by atoms with Gasteiger partial charge in [-0.15, -0.1) is 0 Å². The van der Waals surface area contributed by atoms with Crippen molar-refractivity contribution in [3.8, 4) is 11.7 Å². The number of carbonyl (C=O) groups is 1. The maximum atomic E-state index is 12.5. The Balaban J connectivity index is 1.45. The maximum Gasteiger partial charge on any atom is 0.293 e. The Hall–Kier alpha value is -2.90. The molecule has 1 aliphatic rings. The zero-order valence-electron chi connectivity index (χ0n) is 13.2. The predicted octanol–water partition coefficient (Wildman–Crippen LogP) is 2.26. The number of nitrogens with one attached hydrogen (secondary N) is 1. The van der Waals surface area contributed by atoms with E-state index in [2.05, 4.69) is 20.6 Å². The SMILES string of the molecule is Cn1ncc(C2CCC2)c1C(=O)NCc1noc(-c2ccco2)n1. The van der Waals surface area contributed by atoms with Crippen molar-refractivity contribution in [3.63, 3.8) is 0 Å².